The molecule has 0 fully saturated rings. The van der Waals surface area contributed by atoms with Gasteiger partial charge in [-0.1, -0.05) is 0 Å². The Morgan fingerprint density at radius 2 is 2.38 bits per heavy atom. The summed E-state index contributed by atoms with van der Waals surface area (Å²) in [6.07, 6.45) is 4.98. The topological polar surface area (TPSA) is 29.1 Å². The predicted molar refractivity (Wildman–Crippen MR) is 30.9 cm³/mol. The van der Waals surface area contributed by atoms with Gasteiger partial charge in [-0.15, -0.1) is 0 Å². The minimum absolute atomic E-state index is 0.00799. The smallest absolute Gasteiger partial charge is 0.0825 e. The van der Waals surface area contributed by atoms with Gasteiger partial charge >= 0.3 is 0 Å². The van der Waals surface area contributed by atoms with Gasteiger partial charge in [0.2, 0.25) is 0 Å². The van der Waals surface area contributed by atoms with Crippen LogP contribution in [-0.4, -0.2) is 13.7 Å². The third kappa shape index (κ3) is 5.50. The van der Waals surface area contributed by atoms with Crippen LogP contribution in [-0.2, 0) is 9.84 Å². The maximum Gasteiger partial charge on any atom is 0.0825 e. The van der Waals surface area contributed by atoms with Crippen LogP contribution in [0.3, 0.4) is 0 Å². The van der Waals surface area contributed by atoms with Crippen molar-refractivity contribution < 1.29 is 9.84 Å². The molecule has 0 heterocycles. The van der Waals surface area contributed by atoms with Crippen molar-refractivity contribution in [3.05, 3.63) is 12.3 Å². The van der Waals surface area contributed by atoms with Crippen LogP contribution in [0.5, 0.6) is 0 Å². The second kappa shape index (κ2) is 6.50. The van der Waals surface area contributed by atoms with E-state index in [0.29, 0.717) is 6.42 Å². The molecule has 1 radical (unpaired) electrons. The lowest BCUT2D eigenvalue weighted by Gasteiger charge is -1.85. The van der Waals surface area contributed by atoms with Gasteiger partial charge in [-0.25, -0.2) is 5.11 Å². The van der Waals surface area contributed by atoms with Crippen molar-refractivity contribution in [3.8, 4) is 0 Å². The number of rotatable bonds is 4. The molecule has 0 saturated carbocycles. The Kier molecular flexibility index (Phi) is 6.09. The first-order valence-corrected chi connectivity index (χ1v) is 2.67. The van der Waals surface area contributed by atoms with Gasteiger partial charge in [-0.2, -0.15) is 0 Å². The summed E-state index contributed by atoms with van der Waals surface area (Å²) >= 11 is 0. The Hall–Kier alpha value is -0.500. The van der Waals surface area contributed by atoms with Crippen molar-refractivity contribution in [2.45, 2.75) is 12.8 Å². The van der Waals surface area contributed by atoms with Gasteiger partial charge in [-0.05, 0) is 18.9 Å². The molecular formula is C6H11O2. The van der Waals surface area contributed by atoms with Gasteiger partial charge in [0.1, 0.15) is 0 Å². The Bertz CT molecular complexity index is 59.5. The number of hydrogen-bond donors (Lipinski definition) is 0. The van der Waals surface area contributed by atoms with E-state index in [0.717, 1.165) is 6.42 Å². The first-order chi connectivity index (χ1) is 3.91. The summed E-state index contributed by atoms with van der Waals surface area (Å²) in [5, 5.41) is 9.82. The summed E-state index contributed by atoms with van der Waals surface area (Å²) in [4.78, 5) is 0. The number of hydrogen-bond acceptors (Lipinski definition) is 1. The second-order valence-corrected chi connectivity index (χ2v) is 1.45. The molecule has 2 nitrogen and oxygen atoms in total. The first kappa shape index (κ1) is 7.50. The van der Waals surface area contributed by atoms with Crippen LogP contribution in [0.1, 0.15) is 12.8 Å². The fraction of sp³-hybridized carbons (Fsp3) is 0.667. The first-order valence-electron chi connectivity index (χ1n) is 2.67. The fourth-order valence-electron chi connectivity index (χ4n) is 0.365. The zero-order valence-electron chi connectivity index (χ0n) is 5.09. The summed E-state index contributed by atoms with van der Waals surface area (Å²) < 4.78 is 4.61. The monoisotopic (exact) mass is 115 g/mol. The molecule has 47 valence electrons. The summed E-state index contributed by atoms with van der Waals surface area (Å²) in [6, 6.07) is 0. The standard InChI is InChI=1S/C6H11O2/c1-8-6-4-2-3-5-7/h4,6H,2-3,5H2,1H3. The average molecular weight is 115 g/mol. The minimum atomic E-state index is 0.00799. The van der Waals surface area contributed by atoms with Crippen LogP contribution >= 0.6 is 0 Å². The highest BCUT2D eigenvalue weighted by molar-refractivity contribution is 4.71. The molecule has 0 rings (SSSR count). The van der Waals surface area contributed by atoms with Crippen molar-refractivity contribution in [2.75, 3.05) is 13.7 Å². The normalized spacial score (nSPS) is 10.2. The van der Waals surface area contributed by atoms with Crippen molar-refractivity contribution in [1.82, 2.24) is 0 Å². The molecule has 0 atom stereocenters. The average Bonchev–Trinajstić information content (AvgIpc) is 1.81. The number of ether oxygens (including phenoxy) is 1. The molecule has 0 aromatic rings. The highest BCUT2D eigenvalue weighted by Crippen LogP contribution is 1.88. The van der Waals surface area contributed by atoms with Gasteiger partial charge < -0.3 is 4.74 Å². The molecule has 2 heteroatoms. The maximum atomic E-state index is 9.82. The summed E-state index contributed by atoms with van der Waals surface area (Å²) in [7, 11) is 1.59. The third-order valence-electron chi connectivity index (χ3n) is 0.747. The molecule has 8 heavy (non-hydrogen) atoms. The van der Waals surface area contributed by atoms with Gasteiger partial charge in [0.15, 0.2) is 0 Å². The van der Waals surface area contributed by atoms with Gasteiger partial charge in [0.25, 0.3) is 0 Å². The Balaban J connectivity index is 2.80. The van der Waals surface area contributed by atoms with E-state index in [9.17, 15) is 5.11 Å². The van der Waals surface area contributed by atoms with Crippen LogP contribution in [0, 0.1) is 0 Å². The molecule has 0 amide bonds. The fourth-order valence-corrected chi connectivity index (χ4v) is 0.365. The van der Waals surface area contributed by atoms with Crippen molar-refractivity contribution >= 4 is 0 Å². The molecule has 0 N–H and O–H groups in total. The molecule has 0 bridgehead atoms. The Morgan fingerprint density at radius 3 is 2.88 bits per heavy atom. The Morgan fingerprint density at radius 1 is 1.62 bits per heavy atom. The molecule has 0 aromatic carbocycles. The number of allylic oxidation sites excluding steroid dienone is 1. The number of unbranched alkanes of at least 4 members (excludes halogenated alkanes) is 1. The quantitative estimate of drug-likeness (QED) is 0.401. The van der Waals surface area contributed by atoms with E-state index in [1.54, 1.807) is 13.4 Å². The highest BCUT2D eigenvalue weighted by atomic mass is 16.5. The summed E-state index contributed by atoms with van der Waals surface area (Å²) in [6.45, 7) is 0.00799. The van der Waals surface area contributed by atoms with E-state index in [1.165, 1.54) is 0 Å². The van der Waals surface area contributed by atoms with Gasteiger partial charge in [0.05, 0.1) is 20.0 Å². The molecule has 0 aliphatic carbocycles. The van der Waals surface area contributed by atoms with E-state index in [4.69, 9.17) is 0 Å². The molecular weight excluding hydrogens is 104 g/mol. The van der Waals surface area contributed by atoms with Crippen LogP contribution < -0.4 is 0 Å². The van der Waals surface area contributed by atoms with E-state index < -0.39 is 0 Å². The minimum Gasteiger partial charge on any atom is -0.505 e. The van der Waals surface area contributed by atoms with Crippen molar-refractivity contribution in [1.29, 1.82) is 0 Å². The Labute approximate surface area is 49.8 Å². The molecule has 0 aliphatic heterocycles. The van der Waals surface area contributed by atoms with E-state index in [1.807, 2.05) is 6.08 Å². The molecule has 0 saturated heterocycles. The lowest BCUT2D eigenvalue weighted by molar-refractivity contribution is 0.190. The van der Waals surface area contributed by atoms with Crippen molar-refractivity contribution in [3.63, 3.8) is 0 Å². The second-order valence-electron chi connectivity index (χ2n) is 1.45. The van der Waals surface area contributed by atoms with E-state index in [2.05, 4.69) is 4.74 Å². The maximum absolute atomic E-state index is 9.82. The van der Waals surface area contributed by atoms with Crippen LogP contribution in [0.25, 0.3) is 0 Å². The van der Waals surface area contributed by atoms with Crippen LogP contribution in [0.15, 0.2) is 12.3 Å². The summed E-state index contributed by atoms with van der Waals surface area (Å²) in [5.41, 5.74) is 0. The van der Waals surface area contributed by atoms with Gasteiger partial charge in [0, 0.05) is 0 Å². The third-order valence-corrected chi connectivity index (χ3v) is 0.747. The van der Waals surface area contributed by atoms with E-state index in [-0.39, 0.29) is 6.61 Å². The molecule has 0 unspecified atom stereocenters. The lowest BCUT2D eigenvalue weighted by atomic mass is 10.3. The predicted octanol–water partition coefficient (Wildman–Crippen LogP) is 1.36. The van der Waals surface area contributed by atoms with Crippen LogP contribution in [0.4, 0.5) is 0 Å². The SMILES string of the molecule is COC=CCCC[O]. The molecule has 0 aromatic heterocycles. The molecule has 0 aliphatic rings. The van der Waals surface area contributed by atoms with Crippen LogP contribution in [0.2, 0.25) is 0 Å². The zero-order valence-corrected chi connectivity index (χ0v) is 5.09. The highest BCUT2D eigenvalue weighted by Gasteiger charge is 1.77. The zero-order chi connectivity index (χ0) is 6.24. The van der Waals surface area contributed by atoms with Crippen molar-refractivity contribution in [2.24, 2.45) is 0 Å². The van der Waals surface area contributed by atoms with E-state index >= 15 is 0 Å². The lowest BCUT2D eigenvalue weighted by Crippen LogP contribution is -1.76. The van der Waals surface area contributed by atoms with Gasteiger partial charge in [-0.3, -0.25) is 0 Å². The largest absolute Gasteiger partial charge is 0.505 e. The molecule has 0 spiro atoms. The summed E-state index contributed by atoms with van der Waals surface area (Å²) in [5.74, 6) is 0. The number of methoxy groups -OCH3 is 1.